The van der Waals surface area contributed by atoms with Gasteiger partial charge in [0.1, 0.15) is 46.1 Å². The highest BCUT2D eigenvalue weighted by atomic mass is 32.2. The van der Waals surface area contributed by atoms with Crippen LogP contribution in [0, 0.1) is 24.2 Å². The topological polar surface area (TPSA) is 177 Å². The van der Waals surface area contributed by atoms with Crippen LogP contribution in [0.2, 0.25) is 0 Å². The number of alkyl halides is 1. The Bertz CT molecular complexity index is 2340. The Morgan fingerprint density at radius 3 is 2.46 bits per heavy atom. The van der Waals surface area contributed by atoms with Crippen LogP contribution in [0.1, 0.15) is 96.7 Å². The number of piperidine rings is 1. The van der Waals surface area contributed by atoms with Gasteiger partial charge in [-0.1, -0.05) is 40.7 Å². The summed E-state index contributed by atoms with van der Waals surface area (Å²) in [4.78, 5) is 69.7. The number of aryl methyl sites for hydroxylation is 1. The first-order valence-corrected chi connectivity index (χ1v) is 23.5. The molecule has 4 fully saturated rings. The number of halogens is 1. The number of fused-ring (bicyclic) bond motifs is 1. The second-order valence-corrected chi connectivity index (χ2v) is 21.2. The first-order chi connectivity index (χ1) is 28.8. The van der Waals surface area contributed by atoms with E-state index in [4.69, 9.17) is 19.4 Å². The number of sulfonamides is 1. The molecule has 7 rings (SSSR count). The van der Waals surface area contributed by atoms with E-state index in [1.54, 1.807) is 7.11 Å². The Morgan fingerprint density at radius 1 is 1.11 bits per heavy atom. The van der Waals surface area contributed by atoms with E-state index in [1.165, 1.54) is 27.2 Å². The van der Waals surface area contributed by atoms with Crippen molar-refractivity contribution in [2.75, 3.05) is 26.7 Å². The van der Waals surface area contributed by atoms with Crippen molar-refractivity contribution in [1.82, 2.24) is 29.8 Å². The maximum atomic E-state index is 15.0. The number of amides is 4. The first-order valence-electron chi connectivity index (χ1n) is 21.1. The molecule has 2 aliphatic heterocycles. The van der Waals surface area contributed by atoms with Crippen molar-refractivity contribution in [3.05, 3.63) is 47.5 Å². The summed E-state index contributed by atoms with van der Waals surface area (Å²) in [6.45, 7) is 15.7. The molecule has 0 spiro atoms. The zero-order valence-electron chi connectivity index (χ0n) is 36.0. The van der Waals surface area contributed by atoms with E-state index in [1.807, 2.05) is 51.3 Å². The highest BCUT2D eigenvalue weighted by molar-refractivity contribution is 7.91. The maximum Gasteiger partial charge on any atom is 0.259 e. The van der Waals surface area contributed by atoms with E-state index in [0.29, 0.717) is 65.3 Å². The molecule has 2 saturated heterocycles. The number of nitrogens with zero attached hydrogens (tertiary/aromatic N) is 4. The van der Waals surface area contributed by atoms with Crippen LogP contribution < -0.4 is 19.5 Å². The summed E-state index contributed by atoms with van der Waals surface area (Å²) in [5.41, 5.74) is 0.579. The van der Waals surface area contributed by atoms with Crippen molar-refractivity contribution in [2.45, 2.75) is 122 Å². The standard InChI is InChI=1S/C44H57FN6O8S2/c1-9-26-20-44(26,42(55)49-61(56,57)29-12-13-29)48-39(53)34-17-28(22-51(34)41(54)31(43(5,6)7)18-37(52)50-16-10-11-27(45)21-50)59-36-19-32(40-47-33(23-60-40)24(2)3)46-38-25(4)35(58-8)15-14-30(36)38/h9,14-15,19,23-24,26-29,31,34H,1,10-13,16-18,20-22H2,2-8H3,(H,48,53)(H,49,55)/t26-,27?,28-,31-,34+,44-/m1/s1. The number of carbonyl (C=O) groups is 4. The van der Waals surface area contributed by atoms with Gasteiger partial charge in [0.05, 0.1) is 42.6 Å². The van der Waals surface area contributed by atoms with Crippen LogP contribution in [0.25, 0.3) is 21.6 Å². The zero-order valence-corrected chi connectivity index (χ0v) is 37.6. The molecule has 14 nitrogen and oxygen atoms in total. The van der Waals surface area contributed by atoms with Gasteiger partial charge < -0.3 is 24.6 Å². The molecule has 2 N–H and O–H groups in total. The number of rotatable bonds is 14. The third-order valence-electron chi connectivity index (χ3n) is 12.5. The van der Waals surface area contributed by atoms with Gasteiger partial charge in [-0.05, 0) is 62.5 Å². The summed E-state index contributed by atoms with van der Waals surface area (Å²) in [5.74, 6) is -2.48. The largest absolute Gasteiger partial charge is 0.496 e. The molecule has 0 bridgehead atoms. The number of hydrogen-bond acceptors (Lipinski definition) is 11. The minimum absolute atomic E-state index is 0.0118. The predicted octanol–water partition coefficient (Wildman–Crippen LogP) is 5.83. The molecular formula is C44H57FN6O8S2. The maximum absolute atomic E-state index is 15.0. The van der Waals surface area contributed by atoms with Gasteiger partial charge in [0, 0.05) is 47.7 Å². The SMILES string of the molecule is C=C[C@@H]1C[C@]1(NC(=O)[C@@H]1C[C@@H](Oc2cc(-c3nc(C(C)C)cs3)nc3c(C)c(OC)ccc23)CN1C(=O)[C@@H](CC(=O)N1CCCC(F)C1)C(C)(C)C)C(=O)NS(=O)(=O)C1CC1. The van der Waals surface area contributed by atoms with Crippen LogP contribution in [0.3, 0.4) is 0 Å². The number of carbonyl (C=O) groups excluding carboxylic acids is 4. The molecule has 330 valence electrons. The summed E-state index contributed by atoms with van der Waals surface area (Å²) >= 11 is 1.46. The fourth-order valence-corrected chi connectivity index (χ4v) is 10.8. The average molecular weight is 881 g/mol. The molecule has 1 aromatic carbocycles. The molecule has 4 amide bonds. The Labute approximate surface area is 361 Å². The second kappa shape index (κ2) is 16.9. The third kappa shape index (κ3) is 9.13. The van der Waals surface area contributed by atoms with Crippen LogP contribution >= 0.6 is 11.3 Å². The van der Waals surface area contributed by atoms with Gasteiger partial charge in [-0.2, -0.15) is 0 Å². The van der Waals surface area contributed by atoms with E-state index in [2.05, 4.69) is 30.5 Å². The van der Waals surface area contributed by atoms with E-state index in [9.17, 15) is 32.0 Å². The van der Waals surface area contributed by atoms with Crippen LogP contribution in [-0.2, 0) is 29.2 Å². The minimum atomic E-state index is -3.93. The van der Waals surface area contributed by atoms with Gasteiger partial charge >= 0.3 is 0 Å². The lowest BCUT2D eigenvalue weighted by atomic mass is 9.77. The Morgan fingerprint density at radius 2 is 1.85 bits per heavy atom. The van der Waals surface area contributed by atoms with Gasteiger partial charge in [-0.3, -0.25) is 23.9 Å². The second-order valence-electron chi connectivity index (χ2n) is 18.4. The molecule has 4 heterocycles. The monoisotopic (exact) mass is 880 g/mol. The normalized spacial score (nSPS) is 24.7. The number of thiazole rings is 1. The predicted molar refractivity (Wildman–Crippen MR) is 230 cm³/mol. The molecule has 3 aromatic rings. The van der Waals surface area contributed by atoms with Gasteiger partial charge in [0.2, 0.25) is 27.7 Å². The molecule has 2 saturated carbocycles. The van der Waals surface area contributed by atoms with E-state index >= 15 is 0 Å². The quantitative estimate of drug-likeness (QED) is 0.188. The number of aromatic nitrogens is 2. The summed E-state index contributed by atoms with van der Waals surface area (Å²) in [6, 6.07) is 4.31. The van der Waals surface area contributed by atoms with E-state index in [-0.39, 0.29) is 44.2 Å². The summed E-state index contributed by atoms with van der Waals surface area (Å²) in [6.07, 6.45) is 1.36. The van der Waals surface area contributed by atoms with Gasteiger partial charge in [-0.25, -0.2) is 22.8 Å². The van der Waals surface area contributed by atoms with E-state index < -0.39 is 74.1 Å². The molecule has 2 aliphatic carbocycles. The highest BCUT2D eigenvalue weighted by Gasteiger charge is 2.62. The summed E-state index contributed by atoms with van der Waals surface area (Å²) < 4.78 is 54.8. The van der Waals surface area contributed by atoms with Gasteiger partial charge in [0.25, 0.3) is 5.91 Å². The number of hydrogen-bond donors (Lipinski definition) is 2. The summed E-state index contributed by atoms with van der Waals surface area (Å²) in [7, 11) is -2.35. The van der Waals surface area contributed by atoms with Crippen LogP contribution in [0.5, 0.6) is 11.5 Å². The number of benzene rings is 1. The lowest BCUT2D eigenvalue weighted by molar-refractivity contribution is -0.149. The van der Waals surface area contributed by atoms with Crippen molar-refractivity contribution in [2.24, 2.45) is 17.3 Å². The summed E-state index contributed by atoms with van der Waals surface area (Å²) in [5, 5.41) is 5.55. The van der Waals surface area contributed by atoms with Gasteiger partial charge in [0.15, 0.2) is 0 Å². The number of methoxy groups -OCH3 is 1. The molecule has 17 heteroatoms. The zero-order chi connectivity index (χ0) is 44.2. The molecule has 6 atom stereocenters. The molecule has 0 radical (unpaired) electrons. The van der Waals surface area contributed by atoms with Crippen LogP contribution in [0.4, 0.5) is 4.39 Å². The fourth-order valence-electron chi connectivity index (χ4n) is 8.47. The minimum Gasteiger partial charge on any atom is -0.496 e. The molecule has 1 unspecified atom stereocenters. The highest BCUT2D eigenvalue weighted by Crippen LogP contribution is 2.46. The fraction of sp³-hybridized carbons (Fsp3) is 0.591. The van der Waals surface area contributed by atoms with Crippen molar-refractivity contribution in [3.8, 4) is 22.2 Å². The van der Waals surface area contributed by atoms with E-state index in [0.717, 1.165) is 11.3 Å². The lowest BCUT2D eigenvalue weighted by Crippen LogP contribution is -2.57. The number of ether oxygens (including phenoxy) is 2. The molecule has 61 heavy (non-hydrogen) atoms. The Kier molecular flexibility index (Phi) is 12.3. The van der Waals surface area contributed by atoms with Gasteiger partial charge in [-0.15, -0.1) is 17.9 Å². The van der Waals surface area contributed by atoms with Crippen molar-refractivity contribution in [3.63, 3.8) is 0 Å². The smallest absolute Gasteiger partial charge is 0.259 e. The van der Waals surface area contributed by atoms with Crippen LogP contribution in [0.15, 0.2) is 36.2 Å². The average Bonchev–Trinajstić information content (AvgIpc) is 4.09. The first kappa shape index (κ1) is 44.4. The third-order valence-corrected chi connectivity index (χ3v) is 15.2. The Hall–Kier alpha value is -4.64. The van der Waals surface area contributed by atoms with Crippen LogP contribution in [-0.4, -0.2) is 108 Å². The Balaban J connectivity index is 1.23. The molecule has 4 aliphatic rings. The van der Waals surface area contributed by atoms with Crippen molar-refractivity contribution >= 4 is 55.9 Å². The molecular weight excluding hydrogens is 824 g/mol. The molecule has 2 aromatic heterocycles. The number of nitrogens with one attached hydrogen (secondary N) is 2. The van der Waals surface area contributed by atoms with Crippen molar-refractivity contribution in [1.29, 1.82) is 0 Å². The number of pyridine rings is 1. The van der Waals surface area contributed by atoms with Crippen molar-refractivity contribution < 1.29 is 41.5 Å². The lowest BCUT2D eigenvalue weighted by Gasteiger charge is -2.37. The number of likely N-dealkylation sites (tertiary alicyclic amines) is 2.